The number of hydrogen-bond acceptors (Lipinski definition) is 4. The third-order valence-corrected chi connectivity index (χ3v) is 5.60. The van der Waals surface area contributed by atoms with Crippen LogP contribution in [0.4, 0.5) is 0 Å². The highest BCUT2D eigenvalue weighted by Crippen LogP contribution is 2.37. The molecule has 0 radical (unpaired) electrons. The first-order valence-corrected chi connectivity index (χ1v) is 8.34. The van der Waals surface area contributed by atoms with Gasteiger partial charge in [-0.2, -0.15) is 0 Å². The fourth-order valence-corrected chi connectivity index (χ4v) is 4.14. The van der Waals surface area contributed by atoms with Crippen molar-refractivity contribution in [2.45, 2.75) is 51.1 Å². The zero-order valence-corrected chi connectivity index (χ0v) is 14.0. The van der Waals surface area contributed by atoms with Crippen molar-refractivity contribution in [1.29, 1.82) is 0 Å². The Morgan fingerprint density at radius 1 is 1.40 bits per heavy atom. The zero-order valence-electron chi connectivity index (χ0n) is 13.2. The SMILES string of the molecule is COCCN1CCCC(N)C1c1ccc(C(C)(C)C)s1. The number of piperidine rings is 1. The minimum atomic E-state index is 0.221. The molecule has 1 aliphatic heterocycles. The summed E-state index contributed by atoms with van der Waals surface area (Å²) < 4.78 is 5.24. The number of methoxy groups -OCH3 is 1. The van der Waals surface area contributed by atoms with E-state index in [1.165, 1.54) is 16.2 Å². The van der Waals surface area contributed by atoms with Crippen LogP contribution in [0.5, 0.6) is 0 Å². The van der Waals surface area contributed by atoms with Gasteiger partial charge in [0.25, 0.3) is 0 Å². The molecule has 3 nitrogen and oxygen atoms in total. The van der Waals surface area contributed by atoms with Crippen LogP contribution in [0.15, 0.2) is 12.1 Å². The van der Waals surface area contributed by atoms with Crippen LogP contribution in [0.2, 0.25) is 0 Å². The second kappa shape index (κ2) is 6.56. The van der Waals surface area contributed by atoms with Gasteiger partial charge < -0.3 is 10.5 Å². The Morgan fingerprint density at radius 3 is 2.75 bits per heavy atom. The van der Waals surface area contributed by atoms with E-state index in [-0.39, 0.29) is 11.5 Å². The molecule has 2 rings (SSSR count). The Bertz CT molecular complexity index is 424. The van der Waals surface area contributed by atoms with E-state index in [0.29, 0.717) is 6.04 Å². The van der Waals surface area contributed by atoms with Crippen molar-refractivity contribution >= 4 is 11.3 Å². The highest BCUT2D eigenvalue weighted by molar-refractivity contribution is 7.12. The second-order valence-electron chi connectivity index (χ2n) is 6.73. The molecule has 1 fully saturated rings. The van der Waals surface area contributed by atoms with Crippen LogP contribution in [0.25, 0.3) is 0 Å². The molecule has 2 N–H and O–H groups in total. The van der Waals surface area contributed by atoms with Gasteiger partial charge in [0.1, 0.15) is 0 Å². The van der Waals surface area contributed by atoms with Crippen LogP contribution < -0.4 is 5.73 Å². The quantitative estimate of drug-likeness (QED) is 0.927. The lowest BCUT2D eigenvalue weighted by molar-refractivity contribution is 0.0864. The molecular formula is C16H28N2OS. The van der Waals surface area contributed by atoms with Crippen LogP contribution in [0.3, 0.4) is 0 Å². The van der Waals surface area contributed by atoms with Crippen LogP contribution in [-0.2, 0) is 10.2 Å². The van der Waals surface area contributed by atoms with Gasteiger partial charge in [-0.1, -0.05) is 20.8 Å². The van der Waals surface area contributed by atoms with E-state index in [2.05, 4.69) is 37.8 Å². The van der Waals surface area contributed by atoms with Gasteiger partial charge in [-0.3, -0.25) is 4.90 Å². The van der Waals surface area contributed by atoms with Crippen LogP contribution in [-0.4, -0.2) is 37.7 Å². The molecule has 0 aliphatic carbocycles. The van der Waals surface area contributed by atoms with Crippen molar-refractivity contribution < 1.29 is 4.74 Å². The third kappa shape index (κ3) is 3.61. The summed E-state index contributed by atoms with van der Waals surface area (Å²) in [6.45, 7) is 9.69. The summed E-state index contributed by atoms with van der Waals surface area (Å²) in [5, 5.41) is 0. The fraction of sp³-hybridized carbons (Fsp3) is 0.750. The summed E-state index contributed by atoms with van der Waals surface area (Å²) in [6, 6.07) is 5.16. The maximum Gasteiger partial charge on any atom is 0.0594 e. The molecule has 0 aromatic carbocycles. The Hall–Kier alpha value is -0.420. The molecule has 0 spiro atoms. The molecule has 20 heavy (non-hydrogen) atoms. The molecule has 4 heteroatoms. The van der Waals surface area contributed by atoms with E-state index in [0.717, 1.165) is 26.1 Å². The summed E-state index contributed by atoms with van der Waals surface area (Å²) in [4.78, 5) is 5.35. The van der Waals surface area contributed by atoms with E-state index in [4.69, 9.17) is 10.5 Å². The summed E-state index contributed by atoms with van der Waals surface area (Å²) in [7, 11) is 1.77. The van der Waals surface area contributed by atoms with Crippen molar-refractivity contribution in [3.8, 4) is 0 Å². The van der Waals surface area contributed by atoms with E-state index in [1.54, 1.807) is 7.11 Å². The average molecular weight is 296 g/mol. The van der Waals surface area contributed by atoms with Gasteiger partial charge in [-0.15, -0.1) is 11.3 Å². The lowest BCUT2D eigenvalue weighted by atomic mass is 9.94. The molecule has 2 unspecified atom stereocenters. The van der Waals surface area contributed by atoms with Crippen molar-refractivity contribution in [2.24, 2.45) is 5.73 Å². The maximum atomic E-state index is 6.42. The number of thiophene rings is 1. The van der Waals surface area contributed by atoms with Crippen LogP contribution in [0, 0.1) is 0 Å². The minimum absolute atomic E-state index is 0.221. The zero-order chi connectivity index (χ0) is 14.8. The molecule has 2 atom stereocenters. The number of rotatable bonds is 4. The number of likely N-dealkylation sites (tertiary alicyclic amines) is 1. The van der Waals surface area contributed by atoms with E-state index >= 15 is 0 Å². The Morgan fingerprint density at radius 2 is 2.15 bits per heavy atom. The van der Waals surface area contributed by atoms with Crippen molar-refractivity contribution in [3.63, 3.8) is 0 Å². The van der Waals surface area contributed by atoms with E-state index < -0.39 is 0 Å². The van der Waals surface area contributed by atoms with Gasteiger partial charge in [-0.05, 0) is 36.9 Å². The number of nitrogens with zero attached hydrogens (tertiary/aromatic N) is 1. The summed E-state index contributed by atoms with van der Waals surface area (Å²) in [5.41, 5.74) is 6.64. The van der Waals surface area contributed by atoms with E-state index in [1.807, 2.05) is 11.3 Å². The predicted molar refractivity (Wildman–Crippen MR) is 86.4 cm³/mol. The molecular weight excluding hydrogens is 268 g/mol. The van der Waals surface area contributed by atoms with Gasteiger partial charge in [0, 0.05) is 29.5 Å². The Kier molecular flexibility index (Phi) is 5.24. The first-order chi connectivity index (χ1) is 9.43. The van der Waals surface area contributed by atoms with Crippen LogP contribution >= 0.6 is 11.3 Å². The maximum absolute atomic E-state index is 6.42. The smallest absolute Gasteiger partial charge is 0.0594 e. The van der Waals surface area contributed by atoms with Crippen molar-refractivity contribution in [1.82, 2.24) is 4.90 Å². The first kappa shape index (κ1) is 16.0. The van der Waals surface area contributed by atoms with E-state index in [9.17, 15) is 0 Å². The summed E-state index contributed by atoms with van der Waals surface area (Å²) >= 11 is 1.92. The molecule has 0 amide bonds. The first-order valence-electron chi connectivity index (χ1n) is 7.52. The number of ether oxygens (including phenoxy) is 1. The van der Waals surface area contributed by atoms with Gasteiger partial charge in [0.15, 0.2) is 0 Å². The summed E-state index contributed by atoms with van der Waals surface area (Å²) in [6.07, 6.45) is 2.32. The summed E-state index contributed by atoms with van der Waals surface area (Å²) in [5.74, 6) is 0. The minimum Gasteiger partial charge on any atom is -0.383 e. The average Bonchev–Trinajstić information content (AvgIpc) is 2.85. The van der Waals surface area contributed by atoms with Gasteiger partial charge >= 0.3 is 0 Å². The number of nitrogens with two attached hydrogens (primary N) is 1. The molecule has 1 aromatic heterocycles. The topological polar surface area (TPSA) is 38.5 Å². The van der Waals surface area contributed by atoms with Gasteiger partial charge in [-0.25, -0.2) is 0 Å². The molecule has 0 saturated carbocycles. The lowest BCUT2D eigenvalue weighted by Crippen LogP contribution is -2.46. The highest BCUT2D eigenvalue weighted by Gasteiger charge is 2.31. The van der Waals surface area contributed by atoms with Crippen molar-refractivity contribution in [2.75, 3.05) is 26.8 Å². The lowest BCUT2D eigenvalue weighted by Gasteiger charge is -2.39. The molecule has 0 bridgehead atoms. The normalized spacial score (nSPS) is 25.1. The highest BCUT2D eigenvalue weighted by atomic mass is 32.1. The molecule has 2 heterocycles. The third-order valence-electron chi connectivity index (χ3n) is 4.02. The van der Waals surface area contributed by atoms with Gasteiger partial charge in [0.2, 0.25) is 0 Å². The molecule has 1 saturated heterocycles. The number of hydrogen-bond donors (Lipinski definition) is 1. The molecule has 1 aromatic rings. The van der Waals surface area contributed by atoms with Crippen LogP contribution in [0.1, 0.15) is 49.4 Å². The largest absolute Gasteiger partial charge is 0.383 e. The van der Waals surface area contributed by atoms with Crippen molar-refractivity contribution in [3.05, 3.63) is 21.9 Å². The second-order valence-corrected chi connectivity index (χ2v) is 7.85. The fourth-order valence-electron chi connectivity index (χ4n) is 2.86. The molecule has 114 valence electrons. The predicted octanol–water partition coefficient (Wildman–Crippen LogP) is 3.16. The Labute approximate surface area is 127 Å². The Balaban J connectivity index is 2.19. The molecule has 1 aliphatic rings. The standard InChI is InChI=1S/C16H28N2OS/c1-16(2,3)14-8-7-13(20-14)15-12(17)6-5-9-18(15)10-11-19-4/h7-8,12,15H,5-6,9-11,17H2,1-4H3. The van der Waals surface area contributed by atoms with Gasteiger partial charge in [0.05, 0.1) is 12.6 Å². The monoisotopic (exact) mass is 296 g/mol.